The fourth-order valence-electron chi connectivity index (χ4n) is 3.20. The summed E-state index contributed by atoms with van der Waals surface area (Å²) < 4.78 is 5.90. The van der Waals surface area contributed by atoms with Crippen LogP contribution in [0, 0.1) is 5.92 Å². The van der Waals surface area contributed by atoms with Crippen LogP contribution in [0.4, 0.5) is 0 Å². The average Bonchev–Trinajstić information content (AvgIpc) is 2.67. The Morgan fingerprint density at radius 3 is 2.52 bits per heavy atom. The van der Waals surface area contributed by atoms with Gasteiger partial charge in [-0.2, -0.15) is 0 Å². The van der Waals surface area contributed by atoms with E-state index in [0.717, 1.165) is 43.8 Å². The minimum absolute atomic E-state index is 0.0433. The number of ether oxygens (including phenoxy) is 1. The minimum Gasteiger partial charge on any atom is -0.489 e. The van der Waals surface area contributed by atoms with Gasteiger partial charge in [-0.25, -0.2) is 5.84 Å². The van der Waals surface area contributed by atoms with E-state index in [9.17, 15) is 4.79 Å². The minimum atomic E-state index is -0.0454. The van der Waals surface area contributed by atoms with Crippen molar-refractivity contribution >= 4 is 5.91 Å². The van der Waals surface area contributed by atoms with Gasteiger partial charge >= 0.3 is 0 Å². The number of nitrogens with one attached hydrogen (secondary N) is 1. The van der Waals surface area contributed by atoms with Gasteiger partial charge in [0.2, 0.25) is 5.91 Å². The van der Waals surface area contributed by atoms with E-state index in [1.807, 2.05) is 30.3 Å². The smallest absolute Gasteiger partial charge is 0.237 e. The van der Waals surface area contributed by atoms with Crippen molar-refractivity contribution in [2.75, 3.05) is 13.1 Å². The number of carbonyl (C=O) groups excluding carboxylic acids is 1. The maximum absolute atomic E-state index is 11.6. The van der Waals surface area contributed by atoms with E-state index < -0.39 is 0 Å². The molecule has 2 aromatic carbocycles. The van der Waals surface area contributed by atoms with E-state index in [4.69, 9.17) is 10.6 Å². The number of carbonyl (C=O) groups is 1. The van der Waals surface area contributed by atoms with Gasteiger partial charge in [0.1, 0.15) is 12.4 Å². The number of amides is 1. The molecular formula is C20H25N3O2. The summed E-state index contributed by atoms with van der Waals surface area (Å²) in [5.74, 6) is 6.11. The van der Waals surface area contributed by atoms with E-state index >= 15 is 0 Å². The van der Waals surface area contributed by atoms with Gasteiger partial charge in [0.15, 0.2) is 0 Å². The molecule has 0 saturated carbocycles. The Balaban J connectivity index is 1.51. The summed E-state index contributed by atoms with van der Waals surface area (Å²) in [4.78, 5) is 14.0. The third-order valence-electron chi connectivity index (χ3n) is 4.65. The van der Waals surface area contributed by atoms with Crippen molar-refractivity contribution in [3.63, 3.8) is 0 Å². The molecule has 1 heterocycles. The molecule has 1 fully saturated rings. The third kappa shape index (κ3) is 5.05. The molecule has 1 aliphatic heterocycles. The molecule has 132 valence electrons. The molecule has 25 heavy (non-hydrogen) atoms. The summed E-state index contributed by atoms with van der Waals surface area (Å²) in [5.41, 5.74) is 4.65. The molecule has 0 aromatic heterocycles. The first-order valence-electron chi connectivity index (χ1n) is 8.73. The molecule has 3 rings (SSSR count). The van der Waals surface area contributed by atoms with E-state index in [0.29, 0.717) is 6.61 Å². The van der Waals surface area contributed by atoms with Crippen LogP contribution >= 0.6 is 0 Å². The normalized spacial score (nSPS) is 15.7. The number of benzene rings is 2. The number of likely N-dealkylation sites (tertiary alicyclic amines) is 1. The Labute approximate surface area is 148 Å². The lowest BCUT2D eigenvalue weighted by Gasteiger charge is -2.31. The largest absolute Gasteiger partial charge is 0.489 e. The topological polar surface area (TPSA) is 67.6 Å². The molecule has 0 aliphatic carbocycles. The fourth-order valence-corrected chi connectivity index (χ4v) is 3.20. The van der Waals surface area contributed by atoms with Crippen molar-refractivity contribution in [1.82, 2.24) is 10.3 Å². The second kappa shape index (κ2) is 8.65. The van der Waals surface area contributed by atoms with Gasteiger partial charge in [0.05, 0.1) is 0 Å². The number of rotatable bonds is 6. The summed E-state index contributed by atoms with van der Waals surface area (Å²) in [6, 6.07) is 18.4. The number of hydrogen-bond acceptors (Lipinski definition) is 4. The summed E-state index contributed by atoms with van der Waals surface area (Å²) in [5, 5.41) is 0. The molecule has 0 atom stereocenters. The fraction of sp³-hybridized carbons (Fsp3) is 0.350. The highest BCUT2D eigenvalue weighted by Crippen LogP contribution is 2.21. The van der Waals surface area contributed by atoms with E-state index in [1.54, 1.807) is 0 Å². The zero-order chi connectivity index (χ0) is 17.5. The second-order valence-electron chi connectivity index (χ2n) is 6.48. The molecule has 1 amide bonds. The van der Waals surface area contributed by atoms with Crippen LogP contribution in [0.25, 0.3) is 0 Å². The molecule has 0 bridgehead atoms. The van der Waals surface area contributed by atoms with Crippen LogP contribution < -0.4 is 16.0 Å². The molecule has 1 aliphatic rings. The van der Waals surface area contributed by atoms with Crippen LogP contribution in [0.3, 0.4) is 0 Å². The van der Waals surface area contributed by atoms with Crippen LogP contribution in [0.15, 0.2) is 54.6 Å². The molecule has 0 radical (unpaired) electrons. The van der Waals surface area contributed by atoms with E-state index in [-0.39, 0.29) is 11.8 Å². The molecule has 2 aromatic rings. The Morgan fingerprint density at radius 1 is 1.08 bits per heavy atom. The summed E-state index contributed by atoms with van der Waals surface area (Å²) in [6.45, 7) is 3.27. The maximum atomic E-state index is 11.6. The monoisotopic (exact) mass is 339 g/mol. The lowest BCUT2D eigenvalue weighted by atomic mass is 9.96. The van der Waals surface area contributed by atoms with Crippen molar-refractivity contribution < 1.29 is 9.53 Å². The molecule has 3 N–H and O–H groups in total. The number of nitrogens with zero attached hydrogens (tertiary/aromatic N) is 1. The first-order valence-corrected chi connectivity index (χ1v) is 8.73. The van der Waals surface area contributed by atoms with Gasteiger partial charge in [-0.3, -0.25) is 15.1 Å². The van der Waals surface area contributed by atoms with Gasteiger partial charge in [0, 0.05) is 12.5 Å². The van der Waals surface area contributed by atoms with Crippen molar-refractivity contribution in [2.24, 2.45) is 11.8 Å². The third-order valence-corrected chi connectivity index (χ3v) is 4.65. The van der Waals surface area contributed by atoms with Crippen LogP contribution in [0.5, 0.6) is 5.75 Å². The maximum Gasteiger partial charge on any atom is 0.237 e. The quantitative estimate of drug-likeness (QED) is 0.482. The SMILES string of the molecule is NNC(=O)C1CCN(Cc2cccc(OCc3ccccc3)c2)CC1. The predicted molar refractivity (Wildman–Crippen MR) is 97.5 cm³/mol. The van der Waals surface area contributed by atoms with Crippen LogP contribution in [-0.2, 0) is 17.9 Å². The zero-order valence-electron chi connectivity index (χ0n) is 14.4. The van der Waals surface area contributed by atoms with E-state index in [2.05, 4.69) is 34.6 Å². The first kappa shape index (κ1) is 17.5. The zero-order valence-corrected chi connectivity index (χ0v) is 14.4. The highest BCUT2D eigenvalue weighted by molar-refractivity contribution is 5.78. The number of piperidine rings is 1. The van der Waals surface area contributed by atoms with Gasteiger partial charge < -0.3 is 4.74 Å². The summed E-state index contributed by atoms with van der Waals surface area (Å²) >= 11 is 0. The molecular weight excluding hydrogens is 314 g/mol. The van der Waals surface area contributed by atoms with Gasteiger partial charge in [-0.05, 0) is 49.2 Å². The number of hydrazine groups is 1. The average molecular weight is 339 g/mol. The lowest BCUT2D eigenvalue weighted by molar-refractivity contribution is -0.126. The van der Waals surface area contributed by atoms with Crippen LogP contribution in [0.1, 0.15) is 24.0 Å². The highest BCUT2D eigenvalue weighted by Gasteiger charge is 2.24. The Bertz CT molecular complexity index is 682. The molecule has 0 unspecified atom stereocenters. The highest BCUT2D eigenvalue weighted by atomic mass is 16.5. The van der Waals surface area contributed by atoms with Gasteiger partial charge in [0.25, 0.3) is 0 Å². The van der Waals surface area contributed by atoms with Gasteiger partial charge in [-0.15, -0.1) is 0 Å². The second-order valence-corrected chi connectivity index (χ2v) is 6.48. The standard InChI is InChI=1S/C20H25N3O2/c21-22-20(24)18-9-11-23(12-10-18)14-17-7-4-8-19(13-17)25-15-16-5-2-1-3-6-16/h1-8,13,18H,9-12,14-15,21H2,(H,22,24). The molecule has 5 heteroatoms. The molecule has 1 saturated heterocycles. The summed E-state index contributed by atoms with van der Waals surface area (Å²) in [7, 11) is 0. The van der Waals surface area contributed by atoms with Crippen molar-refractivity contribution in [3.8, 4) is 5.75 Å². The molecule has 5 nitrogen and oxygen atoms in total. The Hall–Kier alpha value is -2.37. The number of nitrogens with two attached hydrogens (primary N) is 1. The Morgan fingerprint density at radius 2 is 1.80 bits per heavy atom. The van der Waals surface area contributed by atoms with Crippen LogP contribution in [0.2, 0.25) is 0 Å². The summed E-state index contributed by atoms with van der Waals surface area (Å²) in [6.07, 6.45) is 1.71. The predicted octanol–water partition coefficient (Wildman–Crippen LogP) is 2.47. The van der Waals surface area contributed by atoms with Crippen molar-refractivity contribution in [2.45, 2.75) is 26.0 Å². The first-order chi connectivity index (χ1) is 12.2. The van der Waals surface area contributed by atoms with Gasteiger partial charge in [-0.1, -0.05) is 42.5 Å². The molecule has 0 spiro atoms. The lowest BCUT2D eigenvalue weighted by Crippen LogP contribution is -2.42. The Kier molecular flexibility index (Phi) is 6.04. The number of hydrogen-bond donors (Lipinski definition) is 2. The van der Waals surface area contributed by atoms with Crippen molar-refractivity contribution in [1.29, 1.82) is 0 Å². The van der Waals surface area contributed by atoms with E-state index in [1.165, 1.54) is 5.56 Å². The van der Waals surface area contributed by atoms with Crippen molar-refractivity contribution in [3.05, 3.63) is 65.7 Å². The van der Waals surface area contributed by atoms with Crippen LogP contribution in [-0.4, -0.2) is 23.9 Å².